The van der Waals surface area contributed by atoms with E-state index in [1.54, 1.807) is 18.2 Å². The van der Waals surface area contributed by atoms with E-state index in [-0.39, 0.29) is 28.4 Å². The quantitative estimate of drug-likeness (QED) is 0.185. The van der Waals surface area contributed by atoms with Crippen LogP contribution in [0.2, 0.25) is 0 Å². The van der Waals surface area contributed by atoms with Crippen LogP contribution in [0.15, 0.2) is 82.5 Å². The van der Waals surface area contributed by atoms with Crippen molar-refractivity contribution >= 4 is 56.1 Å². The van der Waals surface area contributed by atoms with Crippen LogP contribution in [0.4, 0.5) is 34.9 Å². The summed E-state index contributed by atoms with van der Waals surface area (Å²) in [7, 11) is -4.30. The number of imidazole rings is 1. The highest BCUT2D eigenvalue weighted by atomic mass is 32.2. The van der Waals surface area contributed by atoms with Gasteiger partial charge in [-0.15, -0.1) is 0 Å². The first-order chi connectivity index (χ1) is 16.8. The maximum atomic E-state index is 11.5. The maximum absolute atomic E-state index is 11.5. The first kappa shape index (κ1) is 22.1. The molecule has 13 heteroatoms. The molecule has 0 bridgehead atoms. The van der Waals surface area contributed by atoms with Crippen molar-refractivity contribution in [2.24, 2.45) is 0 Å². The minimum Gasteiger partial charge on any atom is -0.324 e. The fourth-order valence-electron chi connectivity index (χ4n) is 3.27. The Bertz CT molecular complexity index is 1670. The van der Waals surface area contributed by atoms with E-state index in [0.29, 0.717) is 22.4 Å². The number of anilines is 6. The lowest BCUT2D eigenvalue weighted by Gasteiger charge is -2.12. The zero-order valence-corrected chi connectivity index (χ0v) is 18.7. The lowest BCUT2D eigenvalue weighted by atomic mass is 10.3. The molecule has 5 aromatic rings. The van der Waals surface area contributed by atoms with Crippen molar-refractivity contribution in [1.29, 1.82) is 0 Å². The summed E-state index contributed by atoms with van der Waals surface area (Å²) < 4.78 is 31.7. The first-order valence-corrected chi connectivity index (χ1v) is 11.7. The highest BCUT2D eigenvalue weighted by Gasteiger charge is 2.11. The Balaban J connectivity index is 1.47. The Morgan fingerprint density at radius 1 is 0.657 bits per heavy atom. The van der Waals surface area contributed by atoms with Crippen molar-refractivity contribution in [2.75, 3.05) is 16.0 Å². The van der Waals surface area contributed by atoms with Crippen LogP contribution in [-0.2, 0) is 10.1 Å². The van der Waals surface area contributed by atoms with Crippen molar-refractivity contribution in [3.63, 3.8) is 0 Å². The lowest BCUT2D eigenvalue weighted by Crippen LogP contribution is -2.07. The number of hydrogen-bond acceptors (Lipinski definition) is 9. The summed E-state index contributed by atoms with van der Waals surface area (Å²) in [6.45, 7) is 0. The second-order valence-electron chi connectivity index (χ2n) is 7.39. The molecule has 0 spiro atoms. The van der Waals surface area contributed by atoms with Crippen molar-refractivity contribution in [1.82, 2.24) is 24.9 Å². The Morgan fingerprint density at radius 3 is 1.77 bits per heavy atom. The largest absolute Gasteiger partial charge is 0.324 e. The molecule has 6 N–H and O–H groups in total. The van der Waals surface area contributed by atoms with Crippen LogP contribution >= 0.6 is 0 Å². The Labute approximate surface area is 198 Å². The number of nitrogens with one attached hydrogen (secondary N) is 5. The summed E-state index contributed by atoms with van der Waals surface area (Å²) in [5, 5.41) is 9.20. The highest BCUT2D eigenvalue weighted by molar-refractivity contribution is 7.85. The fourth-order valence-corrected chi connectivity index (χ4v) is 3.75. The first-order valence-electron chi connectivity index (χ1n) is 10.2. The van der Waals surface area contributed by atoms with Crippen LogP contribution in [-0.4, -0.2) is 37.9 Å². The van der Waals surface area contributed by atoms with Crippen molar-refractivity contribution in [3.8, 4) is 0 Å². The average molecular weight is 491 g/mol. The molecule has 3 aromatic carbocycles. The minimum atomic E-state index is -4.30. The molecular formula is C22H18N8O4S. The van der Waals surface area contributed by atoms with Crippen LogP contribution in [0.25, 0.3) is 11.0 Å². The summed E-state index contributed by atoms with van der Waals surface area (Å²) in [5.41, 5.74) is 2.87. The van der Waals surface area contributed by atoms with E-state index in [4.69, 9.17) is 0 Å². The number of hydrogen-bond donors (Lipinski definition) is 6. The van der Waals surface area contributed by atoms with Gasteiger partial charge < -0.3 is 25.9 Å². The maximum Gasteiger partial charge on any atom is 0.323 e. The van der Waals surface area contributed by atoms with Gasteiger partial charge in [-0.3, -0.25) is 4.55 Å². The molecule has 176 valence electrons. The van der Waals surface area contributed by atoms with E-state index in [9.17, 15) is 17.8 Å². The van der Waals surface area contributed by atoms with Gasteiger partial charge in [0.1, 0.15) is 0 Å². The smallest absolute Gasteiger partial charge is 0.323 e. The van der Waals surface area contributed by atoms with E-state index >= 15 is 0 Å². The van der Waals surface area contributed by atoms with Gasteiger partial charge >= 0.3 is 5.69 Å². The number of fused-ring (bicyclic) bond motifs is 1. The van der Waals surface area contributed by atoms with Gasteiger partial charge in [-0.25, -0.2) is 4.79 Å². The van der Waals surface area contributed by atoms with Crippen molar-refractivity contribution in [3.05, 3.63) is 83.3 Å². The second kappa shape index (κ2) is 8.89. The Morgan fingerprint density at radius 2 is 1.17 bits per heavy atom. The molecule has 5 rings (SSSR count). The lowest BCUT2D eigenvalue weighted by molar-refractivity contribution is 0.483. The third-order valence-corrected chi connectivity index (χ3v) is 5.71. The summed E-state index contributed by atoms with van der Waals surface area (Å²) >= 11 is 0. The van der Waals surface area contributed by atoms with Gasteiger partial charge in [-0.2, -0.15) is 23.4 Å². The molecule has 0 unspecified atom stereocenters. The van der Waals surface area contributed by atoms with E-state index in [2.05, 4.69) is 40.9 Å². The molecule has 0 radical (unpaired) electrons. The van der Waals surface area contributed by atoms with Gasteiger partial charge in [0.25, 0.3) is 10.1 Å². The topological polar surface area (TPSA) is 178 Å². The summed E-state index contributed by atoms with van der Waals surface area (Å²) in [4.78, 5) is 29.9. The minimum absolute atomic E-state index is 0.177. The van der Waals surface area contributed by atoms with Crippen molar-refractivity contribution < 1.29 is 13.0 Å². The molecule has 0 atom stereocenters. The van der Waals surface area contributed by atoms with Crippen LogP contribution < -0.4 is 21.6 Å². The number of H-pyrrole nitrogens is 2. The van der Waals surface area contributed by atoms with Gasteiger partial charge in [0.05, 0.1) is 15.9 Å². The number of rotatable bonds is 7. The molecule has 0 saturated carbocycles. The second-order valence-corrected chi connectivity index (χ2v) is 8.81. The molecule has 2 heterocycles. The molecule has 0 amide bonds. The highest BCUT2D eigenvalue weighted by Crippen LogP contribution is 2.23. The standard InChI is InChI=1S/C22H18N8O4S/c31-22-26-17-11-8-15(12-18(17)27-22)25-21-29-19(23-13-4-2-1-3-5-13)28-20(30-21)24-14-6-9-16(10-7-14)35(32,33)34/h1-12H,(H2,26,27,31)(H,32,33,34)(H3,23,24,25,28,29,30). The average Bonchev–Trinajstić information content (AvgIpc) is 3.19. The van der Waals surface area contributed by atoms with Crippen LogP contribution in [0.5, 0.6) is 0 Å². The SMILES string of the molecule is O=c1[nH]c2ccc(Nc3nc(Nc4ccccc4)nc(Nc4ccc(S(=O)(=O)O)cc4)n3)cc2[nH]1. The molecule has 12 nitrogen and oxygen atoms in total. The van der Waals surface area contributed by atoms with Crippen molar-refractivity contribution in [2.45, 2.75) is 4.90 Å². The predicted octanol–water partition coefficient (Wildman–Crippen LogP) is 3.52. The molecule has 0 aliphatic rings. The number of aromatic nitrogens is 5. The Kier molecular flexibility index (Phi) is 5.60. The number of nitrogens with zero attached hydrogens (tertiary/aromatic N) is 3. The van der Waals surface area contributed by atoms with Gasteiger partial charge in [-0.05, 0) is 54.6 Å². The number of benzene rings is 3. The zero-order chi connectivity index (χ0) is 24.4. The van der Waals surface area contributed by atoms with E-state index in [1.807, 2.05) is 30.3 Å². The third kappa shape index (κ3) is 5.26. The van der Waals surface area contributed by atoms with Crippen LogP contribution in [0, 0.1) is 0 Å². The van der Waals surface area contributed by atoms with Gasteiger partial charge in [0.2, 0.25) is 17.8 Å². The molecular weight excluding hydrogens is 472 g/mol. The van der Waals surface area contributed by atoms with Crippen LogP contribution in [0.3, 0.4) is 0 Å². The number of aromatic amines is 2. The van der Waals surface area contributed by atoms with E-state index in [1.165, 1.54) is 24.3 Å². The number of para-hydroxylation sites is 1. The molecule has 0 fully saturated rings. The molecule has 0 aliphatic carbocycles. The summed E-state index contributed by atoms with van der Waals surface area (Å²) in [5.74, 6) is 0.645. The summed E-state index contributed by atoms with van der Waals surface area (Å²) in [6, 6.07) is 20.0. The summed E-state index contributed by atoms with van der Waals surface area (Å²) in [6.07, 6.45) is 0. The van der Waals surface area contributed by atoms with E-state index < -0.39 is 10.1 Å². The zero-order valence-electron chi connectivity index (χ0n) is 17.9. The van der Waals surface area contributed by atoms with Gasteiger partial charge in [0, 0.05) is 17.1 Å². The van der Waals surface area contributed by atoms with Gasteiger partial charge in [0.15, 0.2) is 0 Å². The third-order valence-electron chi connectivity index (χ3n) is 4.85. The Hall–Kier alpha value is -4.75. The molecule has 35 heavy (non-hydrogen) atoms. The fraction of sp³-hybridized carbons (Fsp3) is 0. The molecule has 2 aromatic heterocycles. The van der Waals surface area contributed by atoms with E-state index in [0.717, 1.165) is 5.69 Å². The molecule has 0 aliphatic heterocycles. The van der Waals surface area contributed by atoms with Crippen LogP contribution in [0.1, 0.15) is 0 Å². The normalized spacial score (nSPS) is 11.3. The van der Waals surface area contributed by atoms with Gasteiger partial charge in [-0.1, -0.05) is 18.2 Å². The monoisotopic (exact) mass is 490 g/mol. The molecule has 0 saturated heterocycles. The predicted molar refractivity (Wildman–Crippen MR) is 131 cm³/mol.